The summed E-state index contributed by atoms with van der Waals surface area (Å²) in [6.07, 6.45) is 1.29. The highest BCUT2D eigenvalue weighted by atomic mass is 35.5. The average molecular weight is 403 g/mol. The van der Waals surface area contributed by atoms with Crippen LogP contribution in [0.1, 0.15) is 5.56 Å². The Bertz CT molecular complexity index is 823. The lowest BCUT2D eigenvalue weighted by atomic mass is 10.2. The zero-order chi connectivity index (χ0) is 18.4. The van der Waals surface area contributed by atoms with E-state index in [1.807, 2.05) is 0 Å². The monoisotopic (exact) mass is 401 g/mol. The molecule has 1 amide bonds. The van der Waals surface area contributed by atoms with Gasteiger partial charge in [0.15, 0.2) is 12.4 Å². The highest BCUT2D eigenvalue weighted by Crippen LogP contribution is 2.29. The molecule has 2 rings (SSSR count). The van der Waals surface area contributed by atoms with Crippen molar-refractivity contribution >= 4 is 52.6 Å². The lowest BCUT2D eigenvalue weighted by Crippen LogP contribution is -2.24. The van der Waals surface area contributed by atoms with E-state index in [2.05, 4.69) is 10.5 Å². The number of carbonyl (C=O) groups excluding carboxylic acids is 1. The Hall–Kier alpha value is -2.35. The summed E-state index contributed by atoms with van der Waals surface area (Å²) < 4.78 is 5.13. The highest BCUT2D eigenvalue weighted by Gasteiger charge is 2.16. The van der Waals surface area contributed by atoms with Crippen LogP contribution >= 0.6 is 34.8 Å². The molecule has 0 saturated carbocycles. The van der Waals surface area contributed by atoms with Gasteiger partial charge >= 0.3 is 5.69 Å². The summed E-state index contributed by atoms with van der Waals surface area (Å²) in [6.45, 7) is -0.476. The summed E-state index contributed by atoms with van der Waals surface area (Å²) in [5, 5.41) is 15.6. The van der Waals surface area contributed by atoms with Crippen molar-refractivity contribution in [2.24, 2.45) is 5.10 Å². The first kappa shape index (κ1) is 19.0. The number of hydrogen-bond acceptors (Lipinski definition) is 5. The molecule has 7 nitrogen and oxygen atoms in total. The molecule has 0 saturated heterocycles. The van der Waals surface area contributed by atoms with Crippen molar-refractivity contribution in [3.8, 4) is 5.75 Å². The number of rotatable bonds is 6. The van der Waals surface area contributed by atoms with Gasteiger partial charge in [-0.05, 0) is 24.3 Å². The van der Waals surface area contributed by atoms with E-state index in [9.17, 15) is 14.9 Å². The Morgan fingerprint density at radius 3 is 2.56 bits per heavy atom. The SMILES string of the molecule is O=C(COc1ccc(Cl)cc1[N+](=O)[O-])N/N=C/c1c(Cl)cccc1Cl. The molecule has 130 valence electrons. The van der Waals surface area contributed by atoms with Crippen LogP contribution in [0.3, 0.4) is 0 Å². The molecule has 25 heavy (non-hydrogen) atoms. The molecule has 0 unspecified atom stereocenters. The average Bonchev–Trinajstić information content (AvgIpc) is 2.56. The molecule has 0 spiro atoms. The minimum Gasteiger partial charge on any atom is -0.477 e. The van der Waals surface area contributed by atoms with Crippen LogP contribution in [0.2, 0.25) is 15.1 Å². The Morgan fingerprint density at radius 2 is 1.92 bits per heavy atom. The van der Waals surface area contributed by atoms with Gasteiger partial charge in [-0.25, -0.2) is 5.43 Å². The third kappa shape index (κ3) is 5.32. The molecule has 0 atom stereocenters. The number of nitro groups is 1. The number of hydrogen-bond donors (Lipinski definition) is 1. The fraction of sp³-hybridized carbons (Fsp3) is 0.0667. The van der Waals surface area contributed by atoms with E-state index in [4.69, 9.17) is 39.5 Å². The molecule has 0 aliphatic carbocycles. The van der Waals surface area contributed by atoms with Crippen LogP contribution in [0, 0.1) is 10.1 Å². The van der Waals surface area contributed by atoms with Crippen LogP contribution < -0.4 is 10.2 Å². The van der Waals surface area contributed by atoms with Crippen molar-refractivity contribution in [1.82, 2.24) is 5.43 Å². The highest BCUT2D eigenvalue weighted by molar-refractivity contribution is 6.38. The molecular formula is C15H10Cl3N3O4. The quantitative estimate of drug-likeness (QED) is 0.447. The van der Waals surface area contributed by atoms with Gasteiger partial charge < -0.3 is 4.74 Å². The van der Waals surface area contributed by atoms with E-state index in [-0.39, 0.29) is 16.5 Å². The molecule has 0 aromatic heterocycles. The maximum Gasteiger partial charge on any atom is 0.312 e. The molecule has 2 aromatic rings. The predicted octanol–water partition coefficient (Wildman–Crippen LogP) is 4.08. The Morgan fingerprint density at radius 1 is 1.24 bits per heavy atom. The Labute approximate surface area is 157 Å². The number of nitrogens with zero attached hydrogens (tertiary/aromatic N) is 2. The van der Waals surface area contributed by atoms with Gasteiger partial charge in [-0.1, -0.05) is 40.9 Å². The fourth-order valence-electron chi connectivity index (χ4n) is 1.73. The zero-order valence-electron chi connectivity index (χ0n) is 12.4. The van der Waals surface area contributed by atoms with Crippen molar-refractivity contribution < 1.29 is 14.5 Å². The first-order valence-electron chi connectivity index (χ1n) is 6.71. The first-order valence-corrected chi connectivity index (χ1v) is 7.84. The van der Waals surface area contributed by atoms with Crippen molar-refractivity contribution in [2.45, 2.75) is 0 Å². The van der Waals surface area contributed by atoms with E-state index in [0.717, 1.165) is 6.07 Å². The van der Waals surface area contributed by atoms with Crippen molar-refractivity contribution in [2.75, 3.05) is 6.61 Å². The predicted molar refractivity (Wildman–Crippen MR) is 95.8 cm³/mol. The molecule has 0 bridgehead atoms. The third-order valence-corrected chi connectivity index (χ3v) is 3.75. The van der Waals surface area contributed by atoms with Crippen molar-refractivity contribution in [1.29, 1.82) is 0 Å². The number of hydrazone groups is 1. The largest absolute Gasteiger partial charge is 0.477 e. The summed E-state index contributed by atoms with van der Waals surface area (Å²) >= 11 is 17.6. The fourth-order valence-corrected chi connectivity index (χ4v) is 2.40. The number of nitro benzene ring substituents is 1. The second-order valence-electron chi connectivity index (χ2n) is 4.59. The summed E-state index contributed by atoms with van der Waals surface area (Å²) in [4.78, 5) is 22.0. The molecule has 1 N–H and O–H groups in total. The number of carbonyl (C=O) groups is 1. The van der Waals surface area contributed by atoms with Crippen molar-refractivity contribution in [3.05, 3.63) is 67.1 Å². The number of halogens is 3. The maximum atomic E-state index is 11.7. The van der Waals surface area contributed by atoms with E-state index < -0.39 is 17.4 Å². The second-order valence-corrected chi connectivity index (χ2v) is 5.84. The van der Waals surface area contributed by atoms with E-state index >= 15 is 0 Å². The lowest BCUT2D eigenvalue weighted by molar-refractivity contribution is -0.385. The van der Waals surface area contributed by atoms with Gasteiger partial charge in [0.1, 0.15) is 0 Å². The topological polar surface area (TPSA) is 93.8 Å². The van der Waals surface area contributed by atoms with Gasteiger partial charge in [-0.15, -0.1) is 0 Å². The Kier molecular flexibility index (Phi) is 6.58. The second kappa shape index (κ2) is 8.66. The summed E-state index contributed by atoms with van der Waals surface area (Å²) in [6, 6.07) is 8.78. The van der Waals surface area contributed by atoms with Gasteiger partial charge in [0.2, 0.25) is 0 Å². The zero-order valence-corrected chi connectivity index (χ0v) is 14.7. The molecular weight excluding hydrogens is 393 g/mol. The van der Waals surface area contributed by atoms with Crippen LogP contribution in [-0.4, -0.2) is 23.7 Å². The van der Waals surface area contributed by atoms with Crippen LogP contribution in [0.4, 0.5) is 5.69 Å². The molecule has 0 radical (unpaired) electrons. The Balaban J connectivity index is 1.96. The summed E-state index contributed by atoms with van der Waals surface area (Å²) in [5.41, 5.74) is 2.31. The normalized spacial score (nSPS) is 10.7. The summed E-state index contributed by atoms with van der Waals surface area (Å²) in [7, 11) is 0. The van der Waals surface area contributed by atoms with Crippen LogP contribution in [0.25, 0.3) is 0 Å². The molecule has 0 aliphatic rings. The maximum absolute atomic E-state index is 11.7. The number of amides is 1. The summed E-state index contributed by atoms with van der Waals surface area (Å²) in [5.74, 6) is -0.702. The number of nitrogens with one attached hydrogen (secondary N) is 1. The standard InChI is InChI=1S/C15H10Cl3N3O4/c16-9-4-5-14(13(6-9)21(23)24)25-8-15(22)20-19-7-10-11(17)2-1-3-12(10)18/h1-7H,8H2,(H,20,22)/b19-7+. The van der Waals surface area contributed by atoms with Gasteiger partial charge in [-0.2, -0.15) is 5.10 Å². The van der Waals surface area contributed by atoms with E-state index in [0.29, 0.717) is 15.6 Å². The number of benzene rings is 2. The van der Waals surface area contributed by atoms with Gasteiger partial charge in [0, 0.05) is 16.7 Å². The van der Waals surface area contributed by atoms with E-state index in [1.165, 1.54) is 18.3 Å². The van der Waals surface area contributed by atoms with Gasteiger partial charge in [-0.3, -0.25) is 14.9 Å². The molecule has 2 aromatic carbocycles. The lowest BCUT2D eigenvalue weighted by Gasteiger charge is -2.06. The van der Waals surface area contributed by atoms with Gasteiger partial charge in [0.05, 0.1) is 21.2 Å². The van der Waals surface area contributed by atoms with Crippen LogP contribution in [0.5, 0.6) is 5.75 Å². The smallest absolute Gasteiger partial charge is 0.312 e. The molecule has 0 fully saturated rings. The van der Waals surface area contributed by atoms with Gasteiger partial charge in [0.25, 0.3) is 5.91 Å². The van der Waals surface area contributed by atoms with E-state index in [1.54, 1.807) is 18.2 Å². The molecule has 10 heteroatoms. The minimum absolute atomic E-state index is 0.0809. The van der Waals surface area contributed by atoms with Crippen LogP contribution in [-0.2, 0) is 4.79 Å². The van der Waals surface area contributed by atoms with Crippen LogP contribution in [0.15, 0.2) is 41.5 Å². The first-order chi connectivity index (χ1) is 11.9. The minimum atomic E-state index is -0.656. The van der Waals surface area contributed by atoms with Crippen molar-refractivity contribution in [3.63, 3.8) is 0 Å². The molecule has 0 aliphatic heterocycles. The third-order valence-electron chi connectivity index (χ3n) is 2.86. The number of ether oxygens (including phenoxy) is 1. The molecule has 0 heterocycles.